The maximum Gasteiger partial charge on any atom is 0.243 e. The fourth-order valence-corrected chi connectivity index (χ4v) is 4.68. The second kappa shape index (κ2) is 5.68. The molecule has 0 aliphatic carbocycles. The number of benzene rings is 1. The molecule has 1 aromatic heterocycles. The summed E-state index contributed by atoms with van der Waals surface area (Å²) in [6, 6.07) is 5.78. The maximum atomic E-state index is 12.7. The van der Waals surface area contributed by atoms with Gasteiger partial charge < -0.3 is 0 Å². The lowest BCUT2D eigenvalue weighted by Crippen LogP contribution is -2.27. The molecule has 0 aliphatic heterocycles. The highest BCUT2D eigenvalue weighted by atomic mass is 32.2. The van der Waals surface area contributed by atoms with Crippen LogP contribution in [0, 0.1) is 20.8 Å². The summed E-state index contributed by atoms with van der Waals surface area (Å²) in [5.74, 6) is 0. The van der Waals surface area contributed by atoms with Crippen LogP contribution in [-0.4, -0.2) is 19.8 Å². The first-order valence-corrected chi connectivity index (χ1v) is 8.76. The standard InChI is InChI=1S/C15H19NO2S2/c1-11-7-12(2)15(13(3)8-11)20(17,18)16(4)9-14-5-6-19-10-14/h5-8,10H,9H2,1-4H3. The van der Waals surface area contributed by atoms with Crippen LogP contribution in [0.25, 0.3) is 0 Å². The number of hydrogen-bond donors (Lipinski definition) is 0. The van der Waals surface area contributed by atoms with Gasteiger partial charge in [-0.1, -0.05) is 17.7 Å². The van der Waals surface area contributed by atoms with Gasteiger partial charge in [0.2, 0.25) is 10.0 Å². The van der Waals surface area contributed by atoms with Crippen molar-refractivity contribution in [3.63, 3.8) is 0 Å². The van der Waals surface area contributed by atoms with Crippen molar-refractivity contribution >= 4 is 21.4 Å². The summed E-state index contributed by atoms with van der Waals surface area (Å²) in [5.41, 5.74) is 3.71. The molecule has 0 N–H and O–H groups in total. The third kappa shape index (κ3) is 2.95. The van der Waals surface area contributed by atoms with E-state index < -0.39 is 10.0 Å². The quantitative estimate of drug-likeness (QED) is 0.867. The molecule has 2 aromatic rings. The molecule has 20 heavy (non-hydrogen) atoms. The number of hydrogen-bond acceptors (Lipinski definition) is 3. The molecule has 1 heterocycles. The van der Waals surface area contributed by atoms with Gasteiger partial charge in [0.05, 0.1) is 4.90 Å². The summed E-state index contributed by atoms with van der Waals surface area (Å²) >= 11 is 1.57. The number of aryl methyl sites for hydroxylation is 3. The van der Waals surface area contributed by atoms with E-state index in [1.54, 1.807) is 18.4 Å². The summed E-state index contributed by atoms with van der Waals surface area (Å²) in [6.45, 7) is 6.08. The zero-order valence-corrected chi connectivity index (χ0v) is 13.8. The van der Waals surface area contributed by atoms with E-state index in [1.807, 2.05) is 49.7 Å². The Morgan fingerprint density at radius 1 is 1.15 bits per heavy atom. The summed E-state index contributed by atoms with van der Waals surface area (Å²) < 4.78 is 26.9. The highest BCUT2D eigenvalue weighted by molar-refractivity contribution is 7.89. The predicted octanol–water partition coefficient (Wildman–Crippen LogP) is 3.49. The predicted molar refractivity (Wildman–Crippen MR) is 83.6 cm³/mol. The Morgan fingerprint density at radius 2 is 1.75 bits per heavy atom. The van der Waals surface area contributed by atoms with Crippen LogP contribution < -0.4 is 0 Å². The molecule has 0 spiro atoms. The van der Waals surface area contributed by atoms with Crippen molar-refractivity contribution in [2.75, 3.05) is 7.05 Å². The molecule has 3 nitrogen and oxygen atoms in total. The van der Waals surface area contributed by atoms with E-state index in [-0.39, 0.29) is 0 Å². The smallest absolute Gasteiger partial charge is 0.207 e. The largest absolute Gasteiger partial charge is 0.243 e. The van der Waals surface area contributed by atoms with Gasteiger partial charge >= 0.3 is 0 Å². The van der Waals surface area contributed by atoms with Gasteiger partial charge in [0.1, 0.15) is 0 Å². The first kappa shape index (κ1) is 15.2. The third-order valence-corrected chi connectivity index (χ3v) is 6.10. The monoisotopic (exact) mass is 309 g/mol. The third-order valence-electron chi connectivity index (χ3n) is 3.26. The van der Waals surface area contributed by atoms with Crippen LogP contribution in [0.15, 0.2) is 33.9 Å². The van der Waals surface area contributed by atoms with E-state index >= 15 is 0 Å². The minimum atomic E-state index is -3.46. The number of nitrogens with zero attached hydrogens (tertiary/aromatic N) is 1. The molecule has 2 rings (SSSR count). The van der Waals surface area contributed by atoms with Gasteiger partial charge in [-0.15, -0.1) is 0 Å². The molecule has 0 atom stereocenters. The minimum Gasteiger partial charge on any atom is -0.207 e. The molecule has 0 unspecified atom stereocenters. The molecule has 0 fully saturated rings. The van der Waals surface area contributed by atoms with Crippen molar-refractivity contribution < 1.29 is 8.42 Å². The van der Waals surface area contributed by atoms with Crippen LogP contribution in [0.1, 0.15) is 22.3 Å². The summed E-state index contributed by atoms with van der Waals surface area (Å²) in [5, 5.41) is 3.93. The summed E-state index contributed by atoms with van der Waals surface area (Å²) in [7, 11) is -1.82. The maximum absolute atomic E-state index is 12.7. The normalized spacial score (nSPS) is 12.1. The van der Waals surface area contributed by atoms with Crippen LogP contribution in [0.2, 0.25) is 0 Å². The van der Waals surface area contributed by atoms with Gasteiger partial charge in [-0.3, -0.25) is 0 Å². The number of thiophene rings is 1. The van der Waals surface area contributed by atoms with Crippen molar-refractivity contribution in [3.05, 3.63) is 51.2 Å². The Kier molecular flexibility index (Phi) is 4.32. The lowest BCUT2D eigenvalue weighted by Gasteiger charge is -2.20. The molecule has 0 amide bonds. The van der Waals surface area contributed by atoms with Crippen molar-refractivity contribution in [2.45, 2.75) is 32.2 Å². The highest BCUT2D eigenvalue weighted by Gasteiger charge is 2.25. The molecule has 0 saturated carbocycles. The van der Waals surface area contributed by atoms with Crippen LogP contribution in [-0.2, 0) is 16.6 Å². The van der Waals surface area contributed by atoms with Gasteiger partial charge in [0.15, 0.2) is 0 Å². The van der Waals surface area contributed by atoms with Gasteiger partial charge in [-0.05, 0) is 54.3 Å². The van der Waals surface area contributed by atoms with E-state index in [4.69, 9.17) is 0 Å². The second-order valence-electron chi connectivity index (χ2n) is 5.12. The van der Waals surface area contributed by atoms with E-state index in [0.717, 1.165) is 22.3 Å². The zero-order chi connectivity index (χ0) is 14.9. The average Bonchev–Trinajstić information content (AvgIpc) is 2.79. The molecule has 1 aromatic carbocycles. The van der Waals surface area contributed by atoms with Gasteiger partial charge in [0, 0.05) is 13.6 Å². The van der Waals surface area contributed by atoms with Gasteiger partial charge in [0.25, 0.3) is 0 Å². The Labute approximate surface area is 124 Å². The fourth-order valence-electron chi connectivity index (χ4n) is 2.45. The summed E-state index contributed by atoms with van der Waals surface area (Å²) in [4.78, 5) is 0.431. The second-order valence-corrected chi connectivity index (χ2v) is 7.88. The molecular formula is C15H19NO2S2. The SMILES string of the molecule is Cc1cc(C)c(S(=O)(=O)N(C)Cc2ccsc2)c(C)c1. The highest BCUT2D eigenvalue weighted by Crippen LogP contribution is 2.25. The van der Waals surface area contributed by atoms with E-state index in [1.165, 1.54) is 4.31 Å². The average molecular weight is 309 g/mol. The van der Waals surface area contributed by atoms with Gasteiger partial charge in [-0.25, -0.2) is 8.42 Å². The molecule has 0 saturated heterocycles. The molecule has 0 radical (unpaired) electrons. The molecular weight excluding hydrogens is 290 g/mol. The fraction of sp³-hybridized carbons (Fsp3) is 0.333. The number of rotatable bonds is 4. The molecule has 5 heteroatoms. The Bertz CT molecular complexity index is 680. The Balaban J connectivity index is 2.40. The van der Waals surface area contributed by atoms with Crippen LogP contribution in [0.5, 0.6) is 0 Å². The van der Waals surface area contributed by atoms with Crippen molar-refractivity contribution in [1.29, 1.82) is 0 Å². The summed E-state index contributed by atoms with van der Waals surface area (Å²) in [6.07, 6.45) is 0. The Hall–Kier alpha value is -1.17. The number of sulfonamides is 1. The van der Waals surface area contributed by atoms with Crippen LogP contribution >= 0.6 is 11.3 Å². The van der Waals surface area contributed by atoms with Crippen molar-refractivity contribution in [2.24, 2.45) is 0 Å². The Morgan fingerprint density at radius 3 is 2.25 bits per heavy atom. The molecule has 108 valence electrons. The first-order valence-electron chi connectivity index (χ1n) is 6.37. The van der Waals surface area contributed by atoms with Gasteiger partial charge in [-0.2, -0.15) is 15.6 Å². The van der Waals surface area contributed by atoms with Crippen molar-refractivity contribution in [3.8, 4) is 0 Å². The molecule has 0 bridgehead atoms. The topological polar surface area (TPSA) is 37.4 Å². The lowest BCUT2D eigenvalue weighted by atomic mass is 10.1. The zero-order valence-electron chi connectivity index (χ0n) is 12.2. The van der Waals surface area contributed by atoms with E-state index in [0.29, 0.717) is 11.4 Å². The minimum absolute atomic E-state index is 0.401. The lowest BCUT2D eigenvalue weighted by molar-refractivity contribution is 0.466. The van der Waals surface area contributed by atoms with Crippen LogP contribution in [0.3, 0.4) is 0 Å². The van der Waals surface area contributed by atoms with Crippen LogP contribution in [0.4, 0.5) is 0 Å². The molecule has 0 aliphatic rings. The van der Waals surface area contributed by atoms with E-state index in [2.05, 4.69) is 0 Å². The van der Waals surface area contributed by atoms with E-state index in [9.17, 15) is 8.42 Å². The first-order chi connectivity index (χ1) is 9.32. The van der Waals surface area contributed by atoms with Crippen molar-refractivity contribution in [1.82, 2.24) is 4.31 Å².